The fourth-order valence-electron chi connectivity index (χ4n) is 4.32. The average molecular weight is 396 g/mol. The maximum Gasteiger partial charge on any atom is 0.291 e. The van der Waals surface area contributed by atoms with Crippen molar-refractivity contribution in [3.8, 4) is 0 Å². The molecular weight excluding hydrogens is 366 g/mol. The third-order valence-electron chi connectivity index (χ3n) is 5.85. The van der Waals surface area contributed by atoms with Gasteiger partial charge in [-0.2, -0.15) is 0 Å². The van der Waals surface area contributed by atoms with Crippen molar-refractivity contribution in [1.29, 1.82) is 0 Å². The van der Waals surface area contributed by atoms with Gasteiger partial charge in [-0.15, -0.1) is 0 Å². The van der Waals surface area contributed by atoms with Crippen molar-refractivity contribution >= 4 is 23.2 Å². The fraction of sp³-hybridized carbons (Fsp3) is 0.478. The molecule has 0 atom stereocenters. The van der Waals surface area contributed by atoms with E-state index in [1.807, 2.05) is 36.1 Å². The predicted molar refractivity (Wildman–Crippen MR) is 113 cm³/mol. The molecule has 0 radical (unpaired) electrons. The van der Waals surface area contributed by atoms with Gasteiger partial charge in [0.1, 0.15) is 5.76 Å². The molecule has 3 heterocycles. The Morgan fingerprint density at radius 3 is 2.59 bits per heavy atom. The number of carbonyl (C=O) groups excluding carboxylic acids is 2. The number of aryl methyl sites for hydroxylation is 2. The van der Waals surface area contributed by atoms with Gasteiger partial charge in [0.15, 0.2) is 5.76 Å². The van der Waals surface area contributed by atoms with E-state index >= 15 is 0 Å². The second kappa shape index (κ2) is 8.41. The Bertz CT molecular complexity index is 912. The molecule has 154 valence electrons. The molecule has 4 rings (SSSR count). The molecule has 0 saturated carbocycles. The van der Waals surface area contributed by atoms with Crippen LogP contribution in [0.4, 0.5) is 11.4 Å². The minimum atomic E-state index is -0.239. The zero-order valence-electron chi connectivity index (χ0n) is 17.3. The minimum Gasteiger partial charge on any atom is -0.456 e. The zero-order valence-corrected chi connectivity index (χ0v) is 17.3. The van der Waals surface area contributed by atoms with Crippen LogP contribution in [-0.2, 0) is 17.8 Å². The van der Waals surface area contributed by atoms with E-state index in [2.05, 4.69) is 17.1 Å². The highest BCUT2D eigenvalue weighted by Gasteiger charge is 2.23. The number of nitrogens with one attached hydrogen (secondary N) is 1. The Morgan fingerprint density at radius 1 is 1.14 bits per heavy atom. The maximum absolute atomic E-state index is 12.8. The quantitative estimate of drug-likeness (QED) is 0.799. The minimum absolute atomic E-state index is 0.165. The van der Waals surface area contributed by atoms with Crippen LogP contribution in [0.2, 0.25) is 0 Å². The SMILES string of the molecule is CCc1oc(C(=O)Nc2ccc(N3CCCC3=O)c(C)c2)cc1CN1CCCC1. The summed E-state index contributed by atoms with van der Waals surface area (Å²) in [4.78, 5) is 29.0. The molecule has 0 aliphatic carbocycles. The molecule has 0 unspecified atom stereocenters. The molecule has 0 bridgehead atoms. The first-order chi connectivity index (χ1) is 14.0. The van der Waals surface area contributed by atoms with E-state index in [1.54, 1.807) is 0 Å². The van der Waals surface area contributed by atoms with Crippen molar-refractivity contribution in [2.45, 2.75) is 52.5 Å². The summed E-state index contributed by atoms with van der Waals surface area (Å²) in [6.07, 6.45) is 4.76. The van der Waals surface area contributed by atoms with E-state index in [4.69, 9.17) is 4.42 Å². The lowest BCUT2D eigenvalue weighted by atomic mass is 10.1. The molecule has 2 fully saturated rings. The number of rotatable bonds is 6. The first-order valence-electron chi connectivity index (χ1n) is 10.6. The molecule has 0 spiro atoms. The summed E-state index contributed by atoms with van der Waals surface area (Å²) in [7, 11) is 0. The number of hydrogen-bond donors (Lipinski definition) is 1. The van der Waals surface area contributed by atoms with Crippen molar-refractivity contribution in [2.75, 3.05) is 29.9 Å². The average Bonchev–Trinajstić information content (AvgIpc) is 3.44. The number of likely N-dealkylation sites (tertiary alicyclic amines) is 1. The number of amides is 2. The van der Waals surface area contributed by atoms with Crippen LogP contribution in [0, 0.1) is 6.92 Å². The lowest BCUT2D eigenvalue weighted by Gasteiger charge is -2.19. The topological polar surface area (TPSA) is 65.8 Å². The molecule has 2 amide bonds. The van der Waals surface area contributed by atoms with E-state index in [1.165, 1.54) is 12.8 Å². The van der Waals surface area contributed by atoms with Gasteiger partial charge >= 0.3 is 0 Å². The highest BCUT2D eigenvalue weighted by Crippen LogP contribution is 2.28. The Labute approximate surface area is 171 Å². The van der Waals surface area contributed by atoms with Crippen LogP contribution in [0.5, 0.6) is 0 Å². The molecule has 2 aliphatic rings. The molecule has 6 nitrogen and oxygen atoms in total. The number of carbonyl (C=O) groups is 2. The predicted octanol–water partition coefficient (Wildman–Crippen LogP) is 4.13. The van der Waals surface area contributed by atoms with Gasteiger partial charge in [-0.3, -0.25) is 14.5 Å². The van der Waals surface area contributed by atoms with Crippen LogP contribution in [0.25, 0.3) is 0 Å². The first kappa shape index (κ1) is 19.7. The fourth-order valence-corrected chi connectivity index (χ4v) is 4.32. The van der Waals surface area contributed by atoms with Gasteiger partial charge < -0.3 is 14.6 Å². The van der Waals surface area contributed by atoms with Crippen LogP contribution in [0.1, 0.15) is 60.0 Å². The Hall–Kier alpha value is -2.60. The number of anilines is 2. The van der Waals surface area contributed by atoms with Gasteiger partial charge in [-0.25, -0.2) is 0 Å². The summed E-state index contributed by atoms with van der Waals surface area (Å²) in [5.74, 6) is 1.17. The van der Waals surface area contributed by atoms with E-state index < -0.39 is 0 Å². The molecule has 1 aromatic carbocycles. The van der Waals surface area contributed by atoms with Crippen molar-refractivity contribution in [1.82, 2.24) is 4.90 Å². The van der Waals surface area contributed by atoms with E-state index in [0.29, 0.717) is 17.9 Å². The summed E-state index contributed by atoms with van der Waals surface area (Å²) >= 11 is 0. The summed E-state index contributed by atoms with van der Waals surface area (Å²) < 4.78 is 5.87. The number of hydrogen-bond acceptors (Lipinski definition) is 4. The highest BCUT2D eigenvalue weighted by atomic mass is 16.4. The summed E-state index contributed by atoms with van der Waals surface area (Å²) in [5.41, 5.74) is 3.71. The first-order valence-corrected chi connectivity index (χ1v) is 10.6. The van der Waals surface area contributed by atoms with Crippen LogP contribution < -0.4 is 10.2 Å². The zero-order chi connectivity index (χ0) is 20.4. The number of nitrogens with zero attached hydrogens (tertiary/aromatic N) is 2. The van der Waals surface area contributed by atoms with Crippen molar-refractivity contribution in [2.24, 2.45) is 0 Å². The lowest BCUT2D eigenvalue weighted by molar-refractivity contribution is -0.117. The standard InChI is InChI=1S/C23H29N3O3/c1-3-20-17(15-25-10-4-5-11-25)14-21(29-20)23(28)24-18-8-9-19(16(2)13-18)26-12-6-7-22(26)27/h8-9,13-14H,3-7,10-12,15H2,1-2H3,(H,24,28). The molecular formula is C23H29N3O3. The normalized spacial score (nSPS) is 17.3. The summed E-state index contributed by atoms with van der Waals surface area (Å²) in [5, 5.41) is 2.94. The number of furan rings is 1. The molecule has 29 heavy (non-hydrogen) atoms. The van der Waals surface area contributed by atoms with Gasteiger partial charge in [0, 0.05) is 42.9 Å². The van der Waals surface area contributed by atoms with Gasteiger partial charge in [0.05, 0.1) is 0 Å². The van der Waals surface area contributed by atoms with E-state index in [0.717, 1.165) is 61.6 Å². The smallest absolute Gasteiger partial charge is 0.291 e. The molecule has 2 aromatic rings. The van der Waals surface area contributed by atoms with Crippen LogP contribution >= 0.6 is 0 Å². The second-order valence-corrected chi connectivity index (χ2v) is 8.00. The largest absolute Gasteiger partial charge is 0.456 e. The Kier molecular flexibility index (Phi) is 5.72. The molecule has 6 heteroatoms. The van der Waals surface area contributed by atoms with Crippen LogP contribution in [0.3, 0.4) is 0 Å². The van der Waals surface area contributed by atoms with Gasteiger partial charge in [0.2, 0.25) is 5.91 Å². The third-order valence-corrected chi connectivity index (χ3v) is 5.85. The molecule has 1 N–H and O–H groups in total. The van der Waals surface area contributed by atoms with E-state index in [-0.39, 0.29) is 11.8 Å². The molecule has 2 aliphatic heterocycles. The van der Waals surface area contributed by atoms with Crippen LogP contribution in [0.15, 0.2) is 28.7 Å². The van der Waals surface area contributed by atoms with Crippen molar-refractivity contribution in [3.05, 3.63) is 46.9 Å². The summed E-state index contributed by atoms with van der Waals surface area (Å²) in [6, 6.07) is 7.55. The van der Waals surface area contributed by atoms with Crippen LogP contribution in [-0.4, -0.2) is 36.3 Å². The summed E-state index contributed by atoms with van der Waals surface area (Å²) in [6.45, 7) is 7.85. The monoisotopic (exact) mass is 395 g/mol. The highest BCUT2D eigenvalue weighted by molar-refractivity contribution is 6.03. The second-order valence-electron chi connectivity index (χ2n) is 8.00. The van der Waals surface area contributed by atoms with Gasteiger partial charge in [0.25, 0.3) is 5.91 Å². The molecule has 2 saturated heterocycles. The Morgan fingerprint density at radius 2 is 1.93 bits per heavy atom. The lowest BCUT2D eigenvalue weighted by Crippen LogP contribution is -2.24. The Balaban J connectivity index is 1.47. The van der Waals surface area contributed by atoms with Crippen molar-refractivity contribution in [3.63, 3.8) is 0 Å². The van der Waals surface area contributed by atoms with Gasteiger partial charge in [-0.1, -0.05) is 6.92 Å². The third kappa shape index (κ3) is 4.22. The number of benzene rings is 1. The van der Waals surface area contributed by atoms with E-state index in [9.17, 15) is 9.59 Å². The van der Waals surface area contributed by atoms with Crippen molar-refractivity contribution < 1.29 is 14.0 Å². The van der Waals surface area contributed by atoms with Gasteiger partial charge in [-0.05, 0) is 69.1 Å². The maximum atomic E-state index is 12.8. The molecule has 1 aromatic heterocycles.